The van der Waals surface area contributed by atoms with Gasteiger partial charge in [0, 0.05) is 13.1 Å². The molecule has 0 aromatic heterocycles. The SMILES string of the molecule is COc1ccc(CN(c2ccc(CCCC3CCCC3)cc2F)S(=O)(=O)c2ccc3c(c2)CCN(C(=O)Cc2ccc(C(C)(C)C)cc2)C3)cc1. The van der Waals surface area contributed by atoms with E-state index in [9.17, 15) is 13.2 Å². The number of sulfonamides is 1. The van der Waals surface area contributed by atoms with Gasteiger partial charge in [-0.15, -0.1) is 0 Å². The molecule has 1 aliphatic heterocycles. The van der Waals surface area contributed by atoms with Crippen molar-refractivity contribution >= 4 is 21.6 Å². The van der Waals surface area contributed by atoms with Crippen molar-refractivity contribution in [3.63, 3.8) is 0 Å². The van der Waals surface area contributed by atoms with Crippen molar-refractivity contribution in [2.75, 3.05) is 18.0 Å². The van der Waals surface area contributed by atoms with E-state index in [1.807, 2.05) is 23.1 Å². The molecule has 4 aromatic carbocycles. The number of halogens is 1. The molecular formula is C43H51FN2O4S. The summed E-state index contributed by atoms with van der Waals surface area (Å²) in [6.07, 6.45) is 8.97. The molecule has 0 N–H and O–H groups in total. The van der Waals surface area contributed by atoms with E-state index < -0.39 is 15.8 Å². The van der Waals surface area contributed by atoms with Crippen molar-refractivity contribution in [2.45, 2.75) is 102 Å². The smallest absolute Gasteiger partial charge is 0.264 e. The number of amides is 1. The number of hydrogen-bond donors (Lipinski definition) is 0. The van der Waals surface area contributed by atoms with Gasteiger partial charge in [0.1, 0.15) is 11.6 Å². The summed E-state index contributed by atoms with van der Waals surface area (Å²) in [6.45, 7) is 7.38. The molecule has 0 unspecified atom stereocenters. The van der Waals surface area contributed by atoms with Crippen LogP contribution in [0.2, 0.25) is 0 Å². The van der Waals surface area contributed by atoms with Gasteiger partial charge in [-0.2, -0.15) is 0 Å². The lowest BCUT2D eigenvalue weighted by Gasteiger charge is -2.30. The lowest BCUT2D eigenvalue weighted by atomic mass is 9.86. The van der Waals surface area contributed by atoms with Crippen LogP contribution in [0.15, 0.2) is 89.8 Å². The Balaban J connectivity index is 1.20. The average molecular weight is 711 g/mol. The number of carbonyl (C=O) groups excluding carboxylic acids is 1. The van der Waals surface area contributed by atoms with E-state index in [2.05, 4.69) is 32.9 Å². The van der Waals surface area contributed by atoms with E-state index in [1.54, 1.807) is 55.6 Å². The molecule has 51 heavy (non-hydrogen) atoms. The van der Waals surface area contributed by atoms with Crippen LogP contribution in [0, 0.1) is 11.7 Å². The van der Waals surface area contributed by atoms with Crippen LogP contribution in [-0.4, -0.2) is 32.9 Å². The zero-order valence-electron chi connectivity index (χ0n) is 30.5. The Bertz CT molecular complexity index is 1930. The number of methoxy groups -OCH3 is 1. The Labute approximate surface area is 303 Å². The van der Waals surface area contributed by atoms with Gasteiger partial charge < -0.3 is 9.64 Å². The summed E-state index contributed by atoms with van der Waals surface area (Å²) in [7, 11) is -2.59. The van der Waals surface area contributed by atoms with Crippen LogP contribution in [0.5, 0.6) is 5.75 Å². The van der Waals surface area contributed by atoms with Gasteiger partial charge >= 0.3 is 0 Å². The second kappa shape index (κ2) is 15.6. The van der Waals surface area contributed by atoms with E-state index in [0.717, 1.165) is 47.4 Å². The van der Waals surface area contributed by atoms with E-state index in [4.69, 9.17) is 4.74 Å². The second-order valence-corrected chi connectivity index (χ2v) is 17.2. The van der Waals surface area contributed by atoms with E-state index in [1.165, 1.54) is 41.6 Å². The number of carbonyl (C=O) groups is 1. The summed E-state index contributed by atoms with van der Waals surface area (Å²) < 4.78 is 51.3. The fraction of sp³-hybridized carbons (Fsp3) is 0.419. The van der Waals surface area contributed by atoms with Crippen LogP contribution in [0.4, 0.5) is 10.1 Å². The number of nitrogens with zero attached hydrogens (tertiary/aromatic N) is 2. The minimum atomic E-state index is -4.17. The standard InChI is InChI=1S/C43H51FN2O4S/c1-43(2,3)37-18-12-33(13-19-37)27-42(47)45-25-24-35-28-39(22-17-36(35)30-45)51(48,49)46(29-34-14-20-38(50-4)21-15-34)41-23-16-32(26-40(41)44)11-7-10-31-8-5-6-9-31/h12-23,26,28,31H,5-11,24-25,27,29-30H2,1-4H3. The first-order valence-corrected chi connectivity index (χ1v) is 19.8. The van der Waals surface area contributed by atoms with Crippen LogP contribution in [0.25, 0.3) is 0 Å². The minimum Gasteiger partial charge on any atom is -0.497 e. The van der Waals surface area contributed by atoms with E-state index in [-0.39, 0.29) is 28.4 Å². The third kappa shape index (κ3) is 8.83. The predicted octanol–water partition coefficient (Wildman–Crippen LogP) is 9.17. The predicted molar refractivity (Wildman–Crippen MR) is 202 cm³/mol. The fourth-order valence-corrected chi connectivity index (χ4v) is 8.95. The topological polar surface area (TPSA) is 66.9 Å². The molecule has 270 valence electrons. The Hall–Kier alpha value is -4.17. The molecule has 4 aromatic rings. The summed E-state index contributed by atoms with van der Waals surface area (Å²) in [5.41, 5.74) is 5.67. The highest BCUT2D eigenvalue weighted by atomic mass is 32.2. The lowest BCUT2D eigenvalue weighted by molar-refractivity contribution is -0.131. The molecule has 6 nitrogen and oxygen atoms in total. The largest absolute Gasteiger partial charge is 0.497 e. The molecule has 1 heterocycles. The molecule has 1 fully saturated rings. The highest BCUT2D eigenvalue weighted by molar-refractivity contribution is 7.92. The van der Waals surface area contributed by atoms with Crippen LogP contribution in [-0.2, 0) is 52.6 Å². The molecule has 0 saturated heterocycles. The zero-order valence-corrected chi connectivity index (χ0v) is 31.3. The molecule has 1 aliphatic carbocycles. The maximum atomic E-state index is 16.0. The fourth-order valence-electron chi connectivity index (χ4n) is 7.44. The Morgan fingerprint density at radius 2 is 1.57 bits per heavy atom. The Morgan fingerprint density at radius 1 is 0.882 bits per heavy atom. The molecule has 1 saturated carbocycles. The highest BCUT2D eigenvalue weighted by Crippen LogP contribution is 2.33. The summed E-state index contributed by atoms with van der Waals surface area (Å²) in [5.74, 6) is 0.924. The van der Waals surface area contributed by atoms with Crippen molar-refractivity contribution in [3.8, 4) is 5.75 Å². The molecular weight excluding hydrogens is 660 g/mol. The first kappa shape index (κ1) is 36.6. The molecule has 0 atom stereocenters. The Morgan fingerprint density at radius 3 is 2.24 bits per heavy atom. The third-order valence-corrected chi connectivity index (χ3v) is 12.4. The molecule has 6 rings (SSSR count). The number of rotatable bonds is 12. The van der Waals surface area contributed by atoms with Gasteiger partial charge in [0.05, 0.1) is 30.7 Å². The van der Waals surface area contributed by atoms with Gasteiger partial charge in [-0.3, -0.25) is 9.10 Å². The maximum absolute atomic E-state index is 16.0. The first-order valence-electron chi connectivity index (χ1n) is 18.3. The third-order valence-electron chi connectivity index (χ3n) is 10.6. The van der Waals surface area contributed by atoms with Gasteiger partial charge in [0.25, 0.3) is 10.0 Å². The molecule has 2 aliphatic rings. The normalized spacial score (nSPS) is 15.1. The second-order valence-electron chi connectivity index (χ2n) is 15.3. The van der Waals surface area contributed by atoms with Crippen molar-refractivity contribution in [3.05, 3.63) is 124 Å². The maximum Gasteiger partial charge on any atom is 0.264 e. The van der Waals surface area contributed by atoms with Crippen molar-refractivity contribution in [2.24, 2.45) is 5.92 Å². The van der Waals surface area contributed by atoms with Crippen molar-refractivity contribution in [1.82, 2.24) is 4.90 Å². The number of ether oxygens (including phenoxy) is 1. The van der Waals surface area contributed by atoms with Crippen molar-refractivity contribution < 1.29 is 22.3 Å². The molecule has 0 spiro atoms. The van der Waals surface area contributed by atoms with E-state index in [0.29, 0.717) is 37.2 Å². The molecule has 8 heteroatoms. The zero-order chi connectivity index (χ0) is 36.2. The number of fused-ring (bicyclic) bond motifs is 1. The average Bonchev–Trinajstić information content (AvgIpc) is 3.64. The van der Waals surface area contributed by atoms with Crippen LogP contribution in [0.3, 0.4) is 0 Å². The summed E-state index contributed by atoms with van der Waals surface area (Å²) in [4.78, 5) is 15.2. The van der Waals surface area contributed by atoms with Crippen LogP contribution in [0.1, 0.15) is 92.7 Å². The molecule has 0 radical (unpaired) electrons. The van der Waals surface area contributed by atoms with Gasteiger partial charge in [0.15, 0.2) is 0 Å². The van der Waals surface area contributed by atoms with Crippen molar-refractivity contribution in [1.29, 1.82) is 0 Å². The highest BCUT2D eigenvalue weighted by Gasteiger charge is 2.30. The van der Waals surface area contributed by atoms with Gasteiger partial charge in [-0.1, -0.05) is 101 Å². The van der Waals surface area contributed by atoms with Crippen LogP contribution < -0.4 is 9.04 Å². The monoisotopic (exact) mass is 710 g/mol. The Kier molecular flexibility index (Phi) is 11.2. The van der Waals surface area contributed by atoms with Crippen LogP contribution >= 0.6 is 0 Å². The number of benzene rings is 4. The number of aryl methyl sites for hydroxylation is 1. The minimum absolute atomic E-state index is 0.0235. The molecule has 0 bridgehead atoms. The van der Waals surface area contributed by atoms with Gasteiger partial charge in [0.2, 0.25) is 5.91 Å². The van der Waals surface area contributed by atoms with E-state index >= 15 is 4.39 Å². The number of anilines is 1. The summed E-state index contributed by atoms with van der Waals surface area (Å²) >= 11 is 0. The first-order chi connectivity index (χ1) is 24.4. The van der Waals surface area contributed by atoms with Gasteiger partial charge in [-0.05, 0) is 100 Å². The van der Waals surface area contributed by atoms with Gasteiger partial charge in [-0.25, -0.2) is 12.8 Å². The number of hydrogen-bond acceptors (Lipinski definition) is 4. The summed E-state index contributed by atoms with van der Waals surface area (Å²) in [5, 5.41) is 0. The quantitative estimate of drug-likeness (QED) is 0.147. The lowest BCUT2D eigenvalue weighted by Crippen LogP contribution is -2.37. The molecule has 1 amide bonds. The summed E-state index contributed by atoms with van der Waals surface area (Å²) in [6, 6.07) is 25.4.